The third kappa shape index (κ3) is 3.09. The number of pyridine rings is 1. The first-order chi connectivity index (χ1) is 10.3. The third-order valence-corrected chi connectivity index (χ3v) is 3.33. The summed E-state index contributed by atoms with van der Waals surface area (Å²) in [4.78, 5) is 8.52. The minimum Gasteiger partial charge on any atom is -0.339 e. The van der Waals surface area contributed by atoms with Crippen LogP contribution >= 0.6 is 11.6 Å². The largest absolute Gasteiger partial charge is 0.339 e. The molecule has 3 rings (SSSR count). The molecule has 0 aliphatic heterocycles. The molecule has 0 aliphatic carbocycles. The Morgan fingerprint density at radius 3 is 2.62 bits per heavy atom. The van der Waals surface area contributed by atoms with Crippen LogP contribution in [0.3, 0.4) is 0 Å². The standard InChI is InChI=1S/C15H13ClN4O/c16-12-5-6-13(18-9-12)15-19-14(21-20-15)7-10-3-1-2-4-11(10)8-17/h1-6,9H,7-8,17H2. The van der Waals surface area contributed by atoms with Crippen molar-refractivity contribution < 1.29 is 4.52 Å². The van der Waals surface area contributed by atoms with Gasteiger partial charge in [-0.2, -0.15) is 4.98 Å². The van der Waals surface area contributed by atoms with Crippen LogP contribution in [-0.4, -0.2) is 15.1 Å². The molecule has 5 nitrogen and oxygen atoms in total. The SMILES string of the molecule is NCc1ccccc1Cc1nc(-c2ccc(Cl)cn2)no1. The van der Waals surface area contributed by atoms with Crippen LogP contribution in [-0.2, 0) is 13.0 Å². The van der Waals surface area contributed by atoms with Crippen LogP contribution in [0.5, 0.6) is 0 Å². The third-order valence-electron chi connectivity index (χ3n) is 3.10. The molecule has 0 amide bonds. The Morgan fingerprint density at radius 1 is 1.10 bits per heavy atom. The molecule has 0 aliphatic rings. The normalized spacial score (nSPS) is 10.8. The predicted octanol–water partition coefficient (Wildman–Crippen LogP) is 2.83. The highest BCUT2D eigenvalue weighted by Crippen LogP contribution is 2.18. The molecule has 0 unspecified atom stereocenters. The summed E-state index contributed by atoms with van der Waals surface area (Å²) in [6, 6.07) is 11.4. The first-order valence-electron chi connectivity index (χ1n) is 6.47. The first-order valence-corrected chi connectivity index (χ1v) is 6.85. The number of aromatic nitrogens is 3. The molecule has 0 saturated carbocycles. The lowest BCUT2D eigenvalue weighted by Crippen LogP contribution is -2.02. The van der Waals surface area contributed by atoms with Gasteiger partial charge in [0, 0.05) is 12.7 Å². The van der Waals surface area contributed by atoms with Gasteiger partial charge >= 0.3 is 0 Å². The molecule has 2 N–H and O–H groups in total. The van der Waals surface area contributed by atoms with E-state index in [1.807, 2.05) is 24.3 Å². The Bertz CT molecular complexity index is 739. The van der Waals surface area contributed by atoms with Crippen LogP contribution in [0.2, 0.25) is 5.02 Å². The second kappa shape index (κ2) is 6.03. The maximum Gasteiger partial charge on any atom is 0.231 e. The Hall–Kier alpha value is -2.24. The lowest BCUT2D eigenvalue weighted by Gasteiger charge is -2.03. The van der Waals surface area contributed by atoms with Crippen molar-refractivity contribution in [2.75, 3.05) is 0 Å². The van der Waals surface area contributed by atoms with Gasteiger partial charge < -0.3 is 10.3 Å². The number of hydrogen-bond acceptors (Lipinski definition) is 5. The van der Waals surface area contributed by atoms with Gasteiger partial charge in [-0.25, -0.2) is 0 Å². The van der Waals surface area contributed by atoms with Gasteiger partial charge in [-0.05, 0) is 23.3 Å². The second-order valence-electron chi connectivity index (χ2n) is 4.52. The molecule has 0 spiro atoms. The maximum absolute atomic E-state index is 5.81. The molecule has 0 saturated heterocycles. The molecule has 0 radical (unpaired) electrons. The zero-order valence-electron chi connectivity index (χ0n) is 11.2. The summed E-state index contributed by atoms with van der Waals surface area (Å²) in [5, 5.41) is 4.51. The van der Waals surface area contributed by atoms with Crippen molar-refractivity contribution in [2.24, 2.45) is 5.73 Å². The predicted molar refractivity (Wildman–Crippen MR) is 79.7 cm³/mol. The van der Waals surface area contributed by atoms with Crippen molar-refractivity contribution in [1.82, 2.24) is 15.1 Å². The minimum absolute atomic E-state index is 0.451. The van der Waals surface area contributed by atoms with Crippen molar-refractivity contribution in [1.29, 1.82) is 0 Å². The lowest BCUT2D eigenvalue weighted by molar-refractivity contribution is 0.385. The smallest absolute Gasteiger partial charge is 0.231 e. The minimum atomic E-state index is 0.451. The first kappa shape index (κ1) is 13.7. The van der Waals surface area contributed by atoms with E-state index in [0.29, 0.717) is 35.4 Å². The molecule has 6 heteroatoms. The van der Waals surface area contributed by atoms with Gasteiger partial charge in [0.25, 0.3) is 0 Å². The van der Waals surface area contributed by atoms with Crippen molar-refractivity contribution in [2.45, 2.75) is 13.0 Å². The molecule has 21 heavy (non-hydrogen) atoms. The van der Waals surface area contributed by atoms with Gasteiger partial charge in [-0.1, -0.05) is 41.0 Å². The molecule has 0 atom stereocenters. The van der Waals surface area contributed by atoms with E-state index in [2.05, 4.69) is 15.1 Å². The maximum atomic E-state index is 5.81. The molecule has 0 fully saturated rings. The average molecular weight is 301 g/mol. The van der Waals surface area contributed by atoms with E-state index in [4.69, 9.17) is 21.9 Å². The van der Waals surface area contributed by atoms with Crippen LogP contribution in [0.15, 0.2) is 47.1 Å². The number of hydrogen-bond donors (Lipinski definition) is 1. The summed E-state index contributed by atoms with van der Waals surface area (Å²) in [5.41, 5.74) is 8.51. The fourth-order valence-corrected chi connectivity index (χ4v) is 2.14. The van der Waals surface area contributed by atoms with Crippen molar-refractivity contribution in [3.63, 3.8) is 0 Å². The van der Waals surface area contributed by atoms with Gasteiger partial charge in [0.2, 0.25) is 11.7 Å². The highest BCUT2D eigenvalue weighted by molar-refractivity contribution is 6.30. The topological polar surface area (TPSA) is 77.8 Å². The Kier molecular flexibility index (Phi) is 3.94. The summed E-state index contributed by atoms with van der Waals surface area (Å²) in [6.07, 6.45) is 2.10. The average Bonchev–Trinajstić information content (AvgIpc) is 2.97. The zero-order valence-corrected chi connectivity index (χ0v) is 11.9. The van der Waals surface area contributed by atoms with Gasteiger partial charge in [0.15, 0.2) is 0 Å². The fraction of sp³-hybridized carbons (Fsp3) is 0.133. The Morgan fingerprint density at radius 2 is 1.90 bits per heavy atom. The van der Waals surface area contributed by atoms with E-state index in [9.17, 15) is 0 Å². The fourth-order valence-electron chi connectivity index (χ4n) is 2.03. The van der Waals surface area contributed by atoms with E-state index in [0.717, 1.165) is 11.1 Å². The summed E-state index contributed by atoms with van der Waals surface area (Å²) >= 11 is 5.81. The van der Waals surface area contributed by atoms with E-state index in [-0.39, 0.29) is 0 Å². The molecule has 3 aromatic rings. The van der Waals surface area contributed by atoms with Gasteiger partial charge in [-0.15, -0.1) is 0 Å². The van der Waals surface area contributed by atoms with Crippen LogP contribution in [0.25, 0.3) is 11.5 Å². The van der Waals surface area contributed by atoms with Crippen molar-refractivity contribution in [3.8, 4) is 11.5 Å². The molecular formula is C15H13ClN4O. The van der Waals surface area contributed by atoms with Crippen LogP contribution in [0.4, 0.5) is 0 Å². The highest BCUT2D eigenvalue weighted by Gasteiger charge is 2.11. The van der Waals surface area contributed by atoms with E-state index >= 15 is 0 Å². The van der Waals surface area contributed by atoms with E-state index < -0.39 is 0 Å². The number of rotatable bonds is 4. The monoisotopic (exact) mass is 300 g/mol. The number of nitrogens with zero attached hydrogens (tertiary/aromatic N) is 3. The van der Waals surface area contributed by atoms with Crippen molar-refractivity contribution in [3.05, 3.63) is 64.6 Å². The lowest BCUT2D eigenvalue weighted by atomic mass is 10.0. The highest BCUT2D eigenvalue weighted by atomic mass is 35.5. The van der Waals surface area contributed by atoms with Gasteiger partial charge in [0.1, 0.15) is 5.69 Å². The van der Waals surface area contributed by atoms with Gasteiger partial charge in [-0.3, -0.25) is 4.98 Å². The van der Waals surface area contributed by atoms with Crippen LogP contribution in [0, 0.1) is 0 Å². The van der Waals surface area contributed by atoms with Crippen LogP contribution < -0.4 is 5.73 Å². The van der Waals surface area contributed by atoms with Crippen LogP contribution in [0.1, 0.15) is 17.0 Å². The molecule has 2 aromatic heterocycles. The Labute approximate surface area is 126 Å². The van der Waals surface area contributed by atoms with E-state index in [1.54, 1.807) is 18.3 Å². The number of halogens is 1. The summed E-state index contributed by atoms with van der Waals surface area (Å²) in [6.45, 7) is 0.482. The number of benzene rings is 1. The molecule has 1 aromatic carbocycles. The zero-order chi connectivity index (χ0) is 14.7. The summed E-state index contributed by atoms with van der Waals surface area (Å²) < 4.78 is 5.28. The van der Waals surface area contributed by atoms with Gasteiger partial charge in [0.05, 0.1) is 11.4 Å². The molecule has 106 valence electrons. The molecular weight excluding hydrogens is 288 g/mol. The number of nitrogens with two attached hydrogens (primary N) is 1. The summed E-state index contributed by atoms with van der Waals surface area (Å²) in [7, 11) is 0. The van der Waals surface area contributed by atoms with E-state index in [1.165, 1.54) is 0 Å². The molecule has 0 bridgehead atoms. The second-order valence-corrected chi connectivity index (χ2v) is 4.96. The quantitative estimate of drug-likeness (QED) is 0.801. The van der Waals surface area contributed by atoms with Crippen molar-refractivity contribution >= 4 is 11.6 Å². The molecule has 2 heterocycles. The Balaban J connectivity index is 1.83. The summed E-state index contributed by atoms with van der Waals surface area (Å²) in [5.74, 6) is 0.981.